The second-order valence-corrected chi connectivity index (χ2v) is 3.45. The van der Waals surface area contributed by atoms with Crippen molar-refractivity contribution in [1.29, 1.82) is 5.26 Å². The molecule has 0 heterocycles. The summed E-state index contributed by atoms with van der Waals surface area (Å²) in [6.45, 7) is 0. The summed E-state index contributed by atoms with van der Waals surface area (Å²) in [6, 6.07) is 3.81. The highest BCUT2D eigenvalue weighted by atomic mass is 19.4. The maximum atomic E-state index is 12.6. The Hall–Kier alpha value is -2.56. The van der Waals surface area contributed by atoms with Crippen molar-refractivity contribution in [1.82, 2.24) is 0 Å². The highest BCUT2D eigenvalue weighted by molar-refractivity contribution is 5.94. The Balaban J connectivity index is 3.16. The maximum absolute atomic E-state index is 12.6. The molecule has 5 nitrogen and oxygen atoms in total. The summed E-state index contributed by atoms with van der Waals surface area (Å²) in [5.41, 5.74) is -2.50. The molecule has 19 heavy (non-hydrogen) atoms. The molecule has 1 aromatic rings. The number of carboxylic acids is 1. The number of alkyl halides is 3. The standard InChI is InChI=1S/C11H7F3N2O3/c12-11(13,14)8-5-6(16-9(17)3-4-15)1-2-7(8)10(18)19/h1-2,5H,3H2,(H,16,17)(H,18,19). The van der Waals surface area contributed by atoms with Crippen LogP contribution in [0, 0.1) is 11.3 Å². The Bertz CT molecular complexity index is 561. The van der Waals surface area contributed by atoms with Crippen molar-refractivity contribution in [2.24, 2.45) is 0 Å². The molecule has 1 amide bonds. The minimum Gasteiger partial charge on any atom is -0.478 e. The number of halogens is 3. The number of carbonyl (C=O) groups excluding carboxylic acids is 1. The summed E-state index contributed by atoms with van der Waals surface area (Å²) in [5.74, 6) is -2.50. The van der Waals surface area contributed by atoms with E-state index in [-0.39, 0.29) is 5.69 Å². The molecule has 0 aliphatic carbocycles. The van der Waals surface area contributed by atoms with Crippen LogP contribution in [0.2, 0.25) is 0 Å². The van der Waals surface area contributed by atoms with Crippen molar-refractivity contribution in [3.05, 3.63) is 29.3 Å². The van der Waals surface area contributed by atoms with Gasteiger partial charge in [0.15, 0.2) is 0 Å². The molecule has 0 bridgehead atoms. The van der Waals surface area contributed by atoms with E-state index < -0.39 is 35.6 Å². The number of nitrogens with one attached hydrogen (secondary N) is 1. The molecule has 0 unspecified atom stereocenters. The molecular formula is C11H7F3N2O3. The van der Waals surface area contributed by atoms with E-state index in [1.807, 2.05) is 0 Å². The first-order valence-corrected chi connectivity index (χ1v) is 4.87. The van der Waals surface area contributed by atoms with E-state index in [0.29, 0.717) is 6.07 Å². The Morgan fingerprint density at radius 1 is 1.37 bits per heavy atom. The molecule has 0 aliphatic rings. The average Bonchev–Trinajstić information content (AvgIpc) is 2.27. The molecule has 0 atom stereocenters. The van der Waals surface area contributed by atoms with Gasteiger partial charge in [0.2, 0.25) is 5.91 Å². The number of aromatic carboxylic acids is 1. The van der Waals surface area contributed by atoms with Gasteiger partial charge in [0, 0.05) is 5.69 Å². The first kappa shape index (κ1) is 14.5. The van der Waals surface area contributed by atoms with Crippen LogP contribution in [0.15, 0.2) is 18.2 Å². The Morgan fingerprint density at radius 3 is 2.47 bits per heavy atom. The zero-order chi connectivity index (χ0) is 14.6. The molecule has 0 saturated heterocycles. The first-order chi connectivity index (χ1) is 8.75. The lowest BCUT2D eigenvalue weighted by Crippen LogP contribution is -2.15. The van der Waals surface area contributed by atoms with Crippen LogP contribution >= 0.6 is 0 Å². The van der Waals surface area contributed by atoms with Crippen molar-refractivity contribution >= 4 is 17.6 Å². The molecule has 100 valence electrons. The predicted octanol–water partition coefficient (Wildman–Crippen LogP) is 2.26. The molecule has 0 aliphatic heterocycles. The lowest BCUT2D eigenvalue weighted by Gasteiger charge is -2.12. The molecule has 0 radical (unpaired) electrons. The maximum Gasteiger partial charge on any atom is 0.417 e. The monoisotopic (exact) mass is 272 g/mol. The molecule has 0 saturated carbocycles. The average molecular weight is 272 g/mol. The van der Waals surface area contributed by atoms with Gasteiger partial charge >= 0.3 is 12.1 Å². The molecule has 1 aromatic carbocycles. The van der Waals surface area contributed by atoms with E-state index in [1.165, 1.54) is 6.07 Å². The topological polar surface area (TPSA) is 90.2 Å². The largest absolute Gasteiger partial charge is 0.478 e. The quantitative estimate of drug-likeness (QED) is 0.883. The predicted molar refractivity (Wildman–Crippen MR) is 57.3 cm³/mol. The second kappa shape index (κ2) is 5.39. The fraction of sp³-hybridized carbons (Fsp3) is 0.182. The molecule has 0 fully saturated rings. The van der Waals surface area contributed by atoms with Crippen LogP contribution in [0.3, 0.4) is 0 Å². The highest BCUT2D eigenvalue weighted by Gasteiger charge is 2.35. The van der Waals surface area contributed by atoms with Gasteiger partial charge in [0.25, 0.3) is 0 Å². The molecule has 1 rings (SSSR count). The summed E-state index contributed by atoms with van der Waals surface area (Å²) in [7, 11) is 0. The van der Waals surface area contributed by atoms with Crippen LogP contribution in [-0.4, -0.2) is 17.0 Å². The minimum atomic E-state index is -4.86. The van der Waals surface area contributed by atoms with Crippen LogP contribution < -0.4 is 5.32 Å². The number of nitriles is 1. The molecule has 2 N–H and O–H groups in total. The number of anilines is 1. The number of nitrogens with zero attached hydrogens (tertiary/aromatic N) is 1. The van der Waals surface area contributed by atoms with Gasteiger partial charge in [0.05, 0.1) is 17.2 Å². The number of rotatable bonds is 3. The van der Waals surface area contributed by atoms with E-state index in [4.69, 9.17) is 10.4 Å². The lowest BCUT2D eigenvalue weighted by molar-refractivity contribution is -0.138. The zero-order valence-electron chi connectivity index (χ0n) is 9.28. The van der Waals surface area contributed by atoms with Crippen molar-refractivity contribution < 1.29 is 27.9 Å². The van der Waals surface area contributed by atoms with Crippen LogP contribution in [0.1, 0.15) is 22.3 Å². The van der Waals surface area contributed by atoms with Crippen LogP contribution in [0.25, 0.3) is 0 Å². The van der Waals surface area contributed by atoms with Gasteiger partial charge in [-0.25, -0.2) is 4.79 Å². The zero-order valence-corrected chi connectivity index (χ0v) is 9.28. The van der Waals surface area contributed by atoms with Crippen LogP contribution in [-0.2, 0) is 11.0 Å². The first-order valence-electron chi connectivity index (χ1n) is 4.87. The summed E-state index contributed by atoms with van der Waals surface area (Å²) in [4.78, 5) is 21.7. The molecule has 0 aromatic heterocycles. The number of carboxylic acid groups (broad SMARTS) is 1. The van der Waals surface area contributed by atoms with E-state index in [2.05, 4.69) is 5.32 Å². The SMILES string of the molecule is N#CCC(=O)Nc1ccc(C(=O)O)c(C(F)(F)F)c1. The fourth-order valence-electron chi connectivity index (χ4n) is 1.32. The van der Waals surface area contributed by atoms with Crippen molar-refractivity contribution in [3.8, 4) is 6.07 Å². The van der Waals surface area contributed by atoms with E-state index in [9.17, 15) is 22.8 Å². The Labute approximate surface area is 105 Å². The highest BCUT2D eigenvalue weighted by Crippen LogP contribution is 2.33. The number of amides is 1. The van der Waals surface area contributed by atoms with Crippen molar-refractivity contribution in [2.45, 2.75) is 12.6 Å². The van der Waals surface area contributed by atoms with E-state index in [1.54, 1.807) is 0 Å². The van der Waals surface area contributed by atoms with Gasteiger partial charge in [-0.1, -0.05) is 0 Å². The van der Waals surface area contributed by atoms with E-state index >= 15 is 0 Å². The van der Waals surface area contributed by atoms with Crippen LogP contribution in [0.5, 0.6) is 0 Å². The molecule has 8 heteroatoms. The molecule has 0 spiro atoms. The summed E-state index contributed by atoms with van der Waals surface area (Å²) in [6.07, 6.45) is -5.37. The minimum absolute atomic E-state index is 0.224. The number of benzene rings is 1. The Morgan fingerprint density at radius 2 is 2.00 bits per heavy atom. The van der Waals surface area contributed by atoms with Gasteiger partial charge in [-0.3, -0.25) is 4.79 Å². The van der Waals surface area contributed by atoms with E-state index in [0.717, 1.165) is 12.1 Å². The lowest BCUT2D eigenvalue weighted by atomic mass is 10.1. The normalized spacial score (nSPS) is 10.6. The third-order valence-electron chi connectivity index (χ3n) is 2.08. The summed E-state index contributed by atoms with van der Waals surface area (Å²) >= 11 is 0. The molecular weight excluding hydrogens is 265 g/mol. The number of hydrogen-bond acceptors (Lipinski definition) is 3. The number of carbonyl (C=O) groups is 2. The number of hydrogen-bond donors (Lipinski definition) is 2. The smallest absolute Gasteiger partial charge is 0.417 e. The van der Waals surface area contributed by atoms with Gasteiger partial charge in [-0.2, -0.15) is 18.4 Å². The third kappa shape index (κ3) is 3.70. The van der Waals surface area contributed by atoms with Crippen molar-refractivity contribution in [3.63, 3.8) is 0 Å². The third-order valence-corrected chi connectivity index (χ3v) is 2.08. The van der Waals surface area contributed by atoms with Gasteiger partial charge in [-0.05, 0) is 18.2 Å². The fourth-order valence-corrected chi connectivity index (χ4v) is 1.32. The summed E-state index contributed by atoms with van der Waals surface area (Å²) in [5, 5.41) is 19.0. The van der Waals surface area contributed by atoms with Gasteiger partial charge in [-0.15, -0.1) is 0 Å². The van der Waals surface area contributed by atoms with Crippen molar-refractivity contribution in [2.75, 3.05) is 5.32 Å². The van der Waals surface area contributed by atoms with Gasteiger partial charge < -0.3 is 10.4 Å². The second-order valence-electron chi connectivity index (χ2n) is 3.45. The Kier molecular flexibility index (Phi) is 4.11. The van der Waals surface area contributed by atoms with Crippen LogP contribution in [0.4, 0.5) is 18.9 Å². The summed E-state index contributed by atoms with van der Waals surface area (Å²) < 4.78 is 37.9. The van der Waals surface area contributed by atoms with Gasteiger partial charge in [0.1, 0.15) is 6.42 Å².